The second-order valence-corrected chi connectivity index (χ2v) is 9.22. The fourth-order valence-electron chi connectivity index (χ4n) is 4.35. The number of nitrogens with one attached hydrogen (secondary N) is 3. The van der Waals surface area contributed by atoms with E-state index in [0.29, 0.717) is 6.42 Å². The summed E-state index contributed by atoms with van der Waals surface area (Å²) in [6.07, 6.45) is 0.909. The predicted molar refractivity (Wildman–Crippen MR) is 151 cm³/mol. The Kier molecular flexibility index (Phi) is 9.44. The van der Waals surface area contributed by atoms with Gasteiger partial charge in [0.2, 0.25) is 11.8 Å². The van der Waals surface area contributed by atoms with Crippen LogP contribution < -0.4 is 16.0 Å². The highest BCUT2D eigenvalue weighted by molar-refractivity contribution is 5.92. The van der Waals surface area contributed by atoms with Crippen molar-refractivity contribution < 1.29 is 24.6 Å². The molecule has 1 unspecified atom stereocenters. The predicted octanol–water partition coefficient (Wildman–Crippen LogP) is 4.44. The van der Waals surface area contributed by atoms with Crippen molar-refractivity contribution >= 4 is 23.7 Å². The number of amides is 3. The highest BCUT2D eigenvalue weighted by atomic mass is 16.4. The van der Waals surface area contributed by atoms with Gasteiger partial charge in [-0.25, -0.2) is 9.78 Å². The quantitative estimate of drug-likeness (QED) is 0.191. The molecule has 0 aliphatic carbocycles. The number of carbonyl (C=O) groups excluding carboxylic acids is 2. The Morgan fingerprint density at radius 1 is 0.775 bits per heavy atom. The molecule has 0 saturated carbocycles. The number of aromatic nitrogens is 1. The lowest BCUT2D eigenvalue weighted by Crippen LogP contribution is -2.48. The summed E-state index contributed by atoms with van der Waals surface area (Å²) >= 11 is 0. The molecule has 3 amide bonds. The van der Waals surface area contributed by atoms with E-state index in [9.17, 15) is 19.5 Å². The molecule has 0 radical (unpaired) electrons. The molecule has 0 saturated heterocycles. The van der Waals surface area contributed by atoms with Crippen LogP contribution in [0.3, 0.4) is 0 Å². The summed E-state index contributed by atoms with van der Waals surface area (Å²) in [7, 11) is 0. The smallest absolute Gasteiger partial charge is 0.410 e. The van der Waals surface area contributed by atoms with Gasteiger partial charge in [-0.15, -0.1) is 0 Å². The van der Waals surface area contributed by atoms with Crippen molar-refractivity contribution in [1.82, 2.24) is 15.6 Å². The van der Waals surface area contributed by atoms with Gasteiger partial charge in [-0.2, -0.15) is 0 Å². The van der Waals surface area contributed by atoms with E-state index in [4.69, 9.17) is 5.11 Å². The Morgan fingerprint density at radius 2 is 1.40 bits per heavy atom. The summed E-state index contributed by atoms with van der Waals surface area (Å²) in [5, 5.41) is 26.6. The van der Waals surface area contributed by atoms with Crippen LogP contribution in [0.25, 0.3) is 0 Å². The van der Waals surface area contributed by atoms with Crippen molar-refractivity contribution in [3.05, 3.63) is 126 Å². The van der Waals surface area contributed by atoms with Gasteiger partial charge in [0.1, 0.15) is 17.6 Å². The number of nitrogens with zero attached hydrogens (tertiary/aromatic N) is 1. The van der Waals surface area contributed by atoms with E-state index in [1.807, 2.05) is 60.7 Å². The number of aromatic hydroxyl groups is 1. The first-order valence-electron chi connectivity index (χ1n) is 12.8. The minimum atomic E-state index is -1.23. The first-order valence-corrected chi connectivity index (χ1v) is 12.8. The Morgan fingerprint density at radius 3 is 2.00 bits per heavy atom. The third kappa shape index (κ3) is 7.91. The maximum atomic E-state index is 13.8. The SMILES string of the molecule is O=C(O)Nc1cc(CCC(NC(=O)C(c2ccccc2)c2ccccc2)C(=O)NCc2ccc(O)cc2)ccn1. The van der Waals surface area contributed by atoms with Gasteiger partial charge in [0.15, 0.2) is 0 Å². The van der Waals surface area contributed by atoms with Crippen LogP contribution >= 0.6 is 0 Å². The average molecular weight is 539 g/mol. The molecular formula is C31H30N4O5. The second-order valence-electron chi connectivity index (χ2n) is 9.22. The molecule has 4 rings (SSSR count). The molecule has 5 N–H and O–H groups in total. The first kappa shape index (κ1) is 27.8. The minimum absolute atomic E-state index is 0.127. The van der Waals surface area contributed by atoms with Crippen LogP contribution in [0.2, 0.25) is 0 Å². The van der Waals surface area contributed by atoms with Gasteiger partial charge < -0.3 is 20.8 Å². The molecule has 0 aliphatic rings. The molecule has 40 heavy (non-hydrogen) atoms. The van der Waals surface area contributed by atoms with Gasteiger partial charge in [-0.1, -0.05) is 72.8 Å². The van der Waals surface area contributed by atoms with Crippen molar-refractivity contribution in [3.8, 4) is 5.75 Å². The number of carboxylic acid groups (broad SMARTS) is 1. The van der Waals surface area contributed by atoms with Crippen molar-refractivity contribution in [2.45, 2.75) is 31.3 Å². The summed E-state index contributed by atoms with van der Waals surface area (Å²) in [4.78, 5) is 42.1. The normalized spacial score (nSPS) is 11.4. The topological polar surface area (TPSA) is 141 Å². The molecule has 0 fully saturated rings. The number of aryl methyl sites for hydroxylation is 1. The number of hydrogen-bond donors (Lipinski definition) is 5. The van der Waals surface area contributed by atoms with E-state index < -0.39 is 18.1 Å². The molecule has 1 aromatic heterocycles. The van der Waals surface area contributed by atoms with Gasteiger partial charge >= 0.3 is 6.09 Å². The zero-order valence-electron chi connectivity index (χ0n) is 21.7. The number of carbonyl (C=O) groups is 3. The van der Waals surface area contributed by atoms with Crippen LogP contribution in [0.15, 0.2) is 103 Å². The van der Waals surface area contributed by atoms with E-state index in [-0.39, 0.29) is 36.3 Å². The average Bonchev–Trinajstić information content (AvgIpc) is 2.96. The van der Waals surface area contributed by atoms with Gasteiger partial charge in [0, 0.05) is 12.7 Å². The molecule has 0 aliphatic heterocycles. The van der Waals surface area contributed by atoms with Crippen LogP contribution in [0, 0.1) is 0 Å². The van der Waals surface area contributed by atoms with Crippen LogP contribution in [0.1, 0.15) is 34.6 Å². The number of benzene rings is 3. The zero-order chi connectivity index (χ0) is 28.3. The lowest BCUT2D eigenvalue weighted by Gasteiger charge is -2.23. The number of phenolic OH excluding ortho intramolecular Hbond substituents is 1. The van der Waals surface area contributed by atoms with Crippen LogP contribution in [-0.2, 0) is 22.6 Å². The lowest BCUT2D eigenvalue weighted by atomic mass is 9.90. The summed E-state index contributed by atoms with van der Waals surface area (Å²) in [6, 6.07) is 27.7. The Balaban J connectivity index is 1.54. The summed E-state index contributed by atoms with van der Waals surface area (Å²) in [6.45, 7) is 0.216. The van der Waals surface area contributed by atoms with Crippen molar-refractivity contribution in [2.75, 3.05) is 5.32 Å². The monoisotopic (exact) mass is 538 g/mol. The molecule has 3 aromatic carbocycles. The van der Waals surface area contributed by atoms with Gasteiger partial charge in [-0.3, -0.25) is 14.9 Å². The molecule has 0 spiro atoms. The molecule has 9 nitrogen and oxygen atoms in total. The molecular weight excluding hydrogens is 508 g/mol. The fourth-order valence-corrected chi connectivity index (χ4v) is 4.35. The number of phenols is 1. The largest absolute Gasteiger partial charge is 0.508 e. The Labute approximate surface area is 231 Å². The molecule has 0 bridgehead atoms. The van der Waals surface area contributed by atoms with Crippen LogP contribution in [0.5, 0.6) is 5.75 Å². The fraction of sp³-hybridized carbons (Fsp3) is 0.161. The Hall–Kier alpha value is -5.18. The van der Waals surface area contributed by atoms with Crippen molar-refractivity contribution in [3.63, 3.8) is 0 Å². The van der Waals surface area contributed by atoms with E-state index in [1.54, 1.807) is 24.3 Å². The second kappa shape index (κ2) is 13.6. The molecule has 9 heteroatoms. The third-order valence-corrected chi connectivity index (χ3v) is 6.35. The Bertz CT molecular complexity index is 1390. The highest BCUT2D eigenvalue weighted by Crippen LogP contribution is 2.25. The molecule has 1 heterocycles. The van der Waals surface area contributed by atoms with Crippen LogP contribution in [0.4, 0.5) is 10.6 Å². The van der Waals surface area contributed by atoms with Crippen molar-refractivity contribution in [2.24, 2.45) is 0 Å². The highest BCUT2D eigenvalue weighted by Gasteiger charge is 2.28. The third-order valence-electron chi connectivity index (χ3n) is 6.35. The standard InChI is InChI=1S/C31H30N4O5/c36-25-14-11-22(12-15-25)20-33-29(37)26(16-13-21-17-18-32-27(19-21)35-31(39)40)34-30(38)28(23-7-3-1-4-8-23)24-9-5-2-6-10-24/h1-12,14-15,17-19,26,28,36H,13,16,20H2,(H,32,35)(H,33,37)(H,34,38)(H,39,40). The minimum Gasteiger partial charge on any atom is -0.508 e. The zero-order valence-corrected chi connectivity index (χ0v) is 21.7. The van der Waals surface area contributed by atoms with E-state index >= 15 is 0 Å². The van der Waals surface area contributed by atoms with E-state index in [2.05, 4.69) is 20.9 Å². The molecule has 1 atom stereocenters. The van der Waals surface area contributed by atoms with Gasteiger partial charge in [-0.05, 0) is 59.4 Å². The number of rotatable bonds is 11. The number of pyridine rings is 1. The van der Waals surface area contributed by atoms with Gasteiger partial charge in [0.25, 0.3) is 0 Å². The summed E-state index contributed by atoms with van der Waals surface area (Å²) in [5.74, 6) is -0.996. The first-order chi connectivity index (χ1) is 19.4. The summed E-state index contributed by atoms with van der Waals surface area (Å²) < 4.78 is 0. The van der Waals surface area contributed by atoms with E-state index in [0.717, 1.165) is 22.3 Å². The maximum Gasteiger partial charge on any atom is 0.410 e. The van der Waals surface area contributed by atoms with Gasteiger partial charge in [0.05, 0.1) is 5.92 Å². The van der Waals surface area contributed by atoms with Crippen molar-refractivity contribution in [1.29, 1.82) is 0 Å². The number of hydrogen-bond acceptors (Lipinski definition) is 5. The molecule has 4 aromatic rings. The maximum absolute atomic E-state index is 13.8. The van der Waals surface area contributed by atoms with E-state index in [1.165, 1.54) is 18.3 Å². The number of anilines is 1. The summed E-state index contributed by atoms with van der Waals surface area (Å²) in [5.41, 5.74) is 3.15. The molecule has 204 valence electrons. The van der Waals surface area contributed by atoms with Crippen LogP contribution in [-0.4, -0.2) is 39.1 Å². The lowest BCUT2D eigenvalue weighted by molar-refractivity contribution is -0.129.